The van der Waals surface area contributed by atoms with Gasteiger partial charge in [0.1, 0.15) is 5.65 Å². The van der Waals surface area contributed by atoms with E-state index in [1.165, 1.54) is 27.4 Å². The van der Waals surface area contributed by atoms with Crippen LogP contribution < -0.4 is 15.6 Å². The Labute approximate surface area is 189 Å². The van der Waals surface area contributed by atoms with Crippen LogP contribution in [0.25, 0.3) is 11.0 Å². The number of halogens is 2. The van der Waals surface area contributed by atoms with E-state index < -0.39 is 39.6 Å². The van der Waals surface area contributed by atoms with Crippen LogP contribution in [0.2, 0.25) is 0 Å². The molecule has 2 N–H and O–H groups in total. The van der Waals surface area contributed by atoms with Crippen LogP contribution in [0.1, 0.15) is 45.1 Å². The van der Waals surface area contributed by atoms with Gasteiger partial charge in [-0.25, -0.2) is 17.7 Å². The molecule has 0 unspecified atom stereocenters. The topological polar surface area (TPSA) is 127 Å². The highest BCUT2D eigenvalue weighted by Gasteiger charge is 2.40. The first kappa shape index (κ1) is 23.8. The van der Waals surface area contributed by atoms with E-state index in [-0.39, 0.29) is 17.6 Å². The highest BCUT2D eigenvalue weighted by Crippen LogP contribution is 2.40. The van der Waals surface area contributed by atoms with Gasteiger partial charge >= 0.3 is 6.61 Å². The van der Waals surface area contributed by atoms with E-state index in [1.807, 2.05) is 0 Å². The van der Waals surface area contributed by atoms with Gasteiger partial charge in [-0.2, -0.15) is 13.8 Å². The normalized spacial score (nSPS) is 25.1. The van der Waals surface area contributed by atoms with E-state index in [0.717, 1.165) is 0 Å². The van der Waals surface area contributed by atoms with E-state index in [9.17, 15) is 27.1 Å². The van der Waals surface area contributed by atoms with Gasteiger partial charge in [-0.15, -0.1) is 0 Å². The Morgan fingerprint density at radius 1 is 1.30 bits per heavy atom. The molecule has 10 nitrogen and oxygen atoms in total. The fraction of sp³-hybridized carbons (Fsp3) is 0.650. The number of aromatic nitrogens is 3. The highest BCUT2D eigenvalue weighted by atomic mass is 32.2. The van der Waals surface area contributed by atoms with Crippen molar-refractivity contribution in [2.75, 3.05) is 24.7 Å². The minimum absolute atomic E-state index is 0.0725. The molecule has 0 radical (unpaired) electrons. The fourth-order valence-electron chi connectivity index (χ4n) is 4.69. The summed E-state index contributed by atoms with van der Waals surface area (Å²) in [5, 5.41) is 14.3. The average Bonchev–Trinajstić information content (AvgIpc) is 3.07. The highest BCUT2D eigenvalue weighted by molar-refractivity contribution is 7.88. The van der Waals surface area contributed by atoms with Crippen molar-refractivity contribution in [1.29, 1.82) is 0 Å². The average molecular weight is 488 g/mol. The number of pyridine rings is 1. The lowest BCUT2D eigenvalue weighted by atomic mass is 10.00. The van der Waals surface area contributed by atoms with Crippen LogP contribution in [-0.4, -0.2) is 70.0 Å². The van der Waals surface area contributed by atoms with Crippen molar-refractivity contribution in [3.8, 4) is 5.75 Å². The van der Waals surface area contributed by atoms with Crippen LogP contribution in [-0.2, 0) is 10.0 Å². The largest absolute Gasteiger partial charge is 0.429 e. The van der Waals surface area contributed by atoms with E-state index in [2.05, 4.69) is 20.0 Å². The number of ether oxygens (including phenoxy) is 1. The number of fused-ring (bicyclic) bond motifs is 1. The number of nitrogens with zero attached hydrogens (tertiary/aromatic N) is 4. The molecule has 182 valence electrons. The number of alkyl halides is 2. The molecular weight excluding hydrogens is 460 g/mol. The maximum absolute atomic E-state index is 13.1. The Morgan fingerprint density at radius 3 is 2.58 bits per heavy atom. The molecular formula is C20H27F2N5O5S. The van der Waals surface area contributed by atoms with E-state index >= 15 is 0 Å². The van der Waals surface area contributed by atoms with Gasteiger partial charge in [0, 0.05) is 30.7 Å². The first-order valence-electron chi connectivity index (χ1n) is 10.8. The molecule has 33 heavy (non-hydrogen) atoms. The zero-order chi connectivity index (χ0) is 24.0. The molecule has 1 aliphatic heterocycles. The Kier molecular flexibility index (Phi) is 6.31. The zero-order valence-corrected chi connectivity index (χ0v) is 19.2. The Hall–Kier alpha value is -2.38. The van der Waals surface area contributed by atoms with Gasteiger partial charge in [0.2, 0.25) is 16.0 Å². The number of hydrogen-bond donors (Lipinski definition) is 2. The zero-order valence-electron chi connectivity index (χ0n) is 18.4. The van der Waals surface area contributed by atoms with Crippen molar-refractivity contribution in [2.45, 2.75) is 63.3 Å². The SMILES string of the molecule is C[C@@]1(O)CCC[C@H]1n1c(=O)c(OC(F)F)cc2cnc(NC3CCN(S(C)(=O)=O)CC3)nc21. The summed E-state index contributed by atoms with van der Waals surface area (Å²) >= 11 is 0. The number of rotatable bonds is 6. The quantitative estimate of drug-likeness (QED) is 0.631. The van der Waals surface area contributed by atoms with Crippen molar-refractivity contribution in [3.63, 3.8) is 0 Å². The molecule has 2 atom stereocenters. The van der Waals surface area contributed by atoms with Gasteiger partial charge in [0.25, 0.3) is 5.56 Å². The van der Waals surface area contributed by atoms with E-state index in [0.29, 0.717) is 50.6 Å². The summed E-state index contributed by atoms with van der Waals surface area (Å²) in [6.07, 6.45) is 5.31. The number of piperidine rings is 1. The third-order valence-electron chi connectivity index (χ3n) is 6.40. The molecule has 13 heteroatoms. The van der Waals surface area contributed by atoms with Gasteiger partial charge in [-0.05, 0) is 45.1 Å². The van der Waals surface area contributed by atoms with Crippen molar-refractivity contribution in [1.82, 2.24) is 18.8 Å². The van der Waals surface area contributed by atoms with Crippen LogP contribution >= 0.6 is 0 Å². The van der Waals surface area contributed by atoms with Crippen LogP contribution in [0.15, 0.2) is 17.1 Å². The molecule has 1 aliphatic carbocycles. The standard InChI is InChI=1S/C20H27F2N5O5S/c1-20(29)7-3-4-15(20)27-16-12(10-14(17(27)28)32-18(21)22)11-23-19(25-16)24-13-5-8-26(9-6-13)33(2,30)31/h10-11,13,15,18,29H,3-9H2,1-2H3,(H,23,24,25)/t15-,20-/m1/s1. The molecule has 0 spiro atoms. The number of sulfonamides is 1. The molecule has 1 saturated heterocycles. The van der Waals surface area contributed by atoms with Crippen molar-refractivity contribution >= 4 is 27.0 Å². The second-order valence-electron chi connectivity index (χ2n) is 8.88. The summed E-state index contributed by atoms with van der Waals surface area (Å²) in [5.41, 5.74) is -1.79. The van der Waals surface area contributed by atoms with Crippen LogP contribution in [0.3, 0.4) is 0 Å². The smallest absolute Gasteiger partial charge is 0.387 e. The maximum atomic E-state index is 13.1. The minimum Gasteiger partial charge on any atom is -0.429 e. The van der Waals surface area contributed by atoms with Crippen molar-refractivity contribution < 1.29 is 27.0 Å². The predicted molar refractivity (Wildman–Crippen MR) is 117 cm³/mol. The molecule has 4 rings (SSSR count). The van der Waals surface area contributed by atoms with E-state index in [1.54, 1.807) is 6.92 Å². The second kappa shape index (κ2) is 8.76. The number of anilines is 1. The van der Waals surface area contributed by atoms with E-state index in [4.69, 9.17) is 0 Å². The molecule has 1 saturated carbocycles. The lowest BCUT2D eigenvalue weighted by Crippen LogP contribution is -2.42. The third-order valence-corrected chi connectivity index (χ3v) is 7.71. The first-order chi connectivity index (χ1) is 15.5. The molecule has 0 aromatic carbocycles. The number of aliphatic hydroxyl groups is 1. The summed E-state index contributed by atoms with van der Waals surface area (Å²) in [7, 11) is -3.25. The molecule has 0 bridgehead atoms. The second-order valence-corrected chi connectivity index (χ2v) is 10.9. The maximum Gasteiger partial charge on any atom is 0.387 e. The first-order valence-corrected chi connectivity index (χ1v) is 12.6. The van der Waals surface area contributed by atoms with Crippen LogP contribution in [0.5, 0.6) is 5.75 Å². The lowest BCUT2D eigenvalue weighted by Gasteiger charge is -2.31. The Balaban J connectivity index is 1.69. The lowest BCUT2D eigenvalue weighted by molar-refractivity contribution is -0.0513. The fourth-order valence-corrected chi connectivity index (χ4v) is 5.56. The van der Waals surface area contributed by atoms with Gasteiger partial charge in [-0.1, -0.05) is 0 Å². The van der Waals surface area contributed by atoms with Gasteiger partial charge in [-0.3, -0.25) is 9.36 Å². The molecule has 2 aromatic rings. The molecule has 0 amide bonds. The summed E-state index contributed by atoms with van der Waals surface area (Å²) in [4.78, 5) is 21.8. The van der Waals surface area contributed by atoms with Crippen LogP contribution in [0.4, 0.5) is 14.7 Å². The number of hydrogen-bond acceptors (Lipinski definition) is 8. The molecule has 3 heterocycles. The van der Waals surface area contributed by atoms with Crippen LogP contribution in [0, 0.1) is 0 Å². The minimum atomic E-state index is -3.25. The summed E-state index contributed by atoms with van der Waals surface area (Å²) < 4.78 is 56.3. The van der Waals surface area contributed by atoms with Crippen molar-refractivity contribution in [2.24, 2.45) is 0 Å². The Bertz CT molecular complexity index is 1200. The summed E-state index contributed by atoms with van der Waals surface area (Å²) in [5.74, 6) is -0.300. The molecule has 2 aromatic heterocycles. The summed E-state index contributed by atoms with van der Waals surface area (Å²) in [6.45, 7) is -0.825. The third kappa shape index (κ3) is 4.94. The van der Waals surface area contributed by atoms with Gasteiger partial charge in [0.05, 0.1) is 17.9 Å². The summed E-state index contributed by atoms with van der Waals surface area (Å²) in [6, 6.07) is 0.448. The molecule has 2 aliphatic rings. The monoisotopic (exact) mass is 487 g/mol. The Morgan fingerprint density at radius 2 is 2.00 bits per heavy atom. The van der Waals surface area contributed by atoms with Gasteiger partial charge in [0.15, 0.2) is 5.75 Å². The van der Waals surface area contributed by atoms with Crippen molar-refractivity contribution in [3.05, 3.63) is 22.6 Å². The molecule has 2 fully saturated rings. The van der Waals surface area contributed by atoms with Gasteiger partial charge < -0.3 is 15.2 Å². The predicted octanol–water partition coefficient (Wildman–Crippen LogP) is 1.70. The number of nitrogens with one attached hydrogen (secondary N) is 1.